The Balaban J connectivity index is 2.90. The van der Waals surface area contributed by atoms with Gasteiger partial charge >= 0.3 is 11.9 Å². The molecule has 0 aliphatic carbocycles. The second kappa shape index (κ2) is 12.7. The lowest BCUT2D eigenvalue weighted by molar-refractivity contribution is -0.144. The highest BCUT2D eigenvalue weighted by atomic mass is 16.4. The number of hydrogen-bond donors (Lipinski definition) is 4. The predicted octanol–water partition coefficient (Wildman–Crippen LogP) is -0.0784. The molecule has 0 radical (unpaired) electrons. The number of carboxylic acids is 2. The molecule has 0 saturated carbocycles. The molecule has 174 valence electrons. The maximum Gasteiger partial charge on any atom is 0.305 e. The SMILES string of the molecule is CCC(C)CC(=O)NC(CCC(=O)O)C(=O)N1CCCC1C(=O)NC(C=O)CC(=O)O. The summed E-state index contributed by atoms with van der Waals surface area (Å²) in [7, 11) is 0. The number of rotatable bonds is 13. The van der Waals surface area contributed by atoms with Crippen molar-refractivity contribution in [3.8, 4) is 0 Å². The van der Waals surface area contributed by atoms with E-state index >= 15 is 0 Å². The molecule has 1 saturated heterocycles. The topological polar surface area (TPSA) is 170 Å². The van der Waals surface area contributed by atoms with Gasteiger partial charge in [-0.2, -0.15) is 0 Å². The van der Waals surface area contributed by atoms with Crippen molar-refractivity contribution in [1.82, 2.24) is 15.5 Å². The van der Waals surface area contributed by atoms with Crippen molar-refractivity contribution in [1.29, 1.82) is 0 Å². The number of nitrogens with zero attached hydrogens (tertiary/aromatic N) is 1. The molecule has 0 aromatic rings. The van der Waals surface area contributed by atoms with Gasteiger partial charge in [0.1, 0.15) is 18.4 Å². The molecule has 4 unspecified atom stereocenters. The number of amides is 3. The van der Waals surface area contributed by atoms with Gasteiger partial charge in [-0.25, -0.2) is 0 Å². The lowest BCUT2D eigenvalue weighted by atomic mass is 10.0. The molecule has 11 heteroatoms. The Labute approximate surface area is 180 Å². The van der Waals surface area contributed by atoms with Gasteiger partial charge in [0.25, 0.3) is 0 Å². The summed E-state index contributed by atoms with van der Waals surface area (Å²) < 4.78 is 0. The van der Waals surface area contributed by atoms with Gasteiger partial charge in [-0.1, -0.05) is 20.3 Å². The van der Waals surface area contributed by atoms with Crippen molar-refractivity contribution >= 4 is 35.9 Å². The monoisotopic (exact) mass is 441 g/mol. The zero-order valence-electron chi connectivity index (χ0n) is 17.8. The van der Waals surface area contributed by atoms with Crippen LogP contribution in [0.25, 0.3) is 0 Å². The van der Waals surface area contributed by atoms with Crippen LogP contribution in [0.4, 0.5) is 0 Å². The lowest BCUT2D eigenvalue weighted by Crippen LogP contribution is -2.55. The van der Waals surface area contributed by atoms with Crippen LogP contribution in [0.3, 0.4) is 0 Å². The summed E-state index contributed by atoms with van der Waals surface area (Å²) in [5.41, 5.74) is 0. The average Bonchev–Trinajstić information content (AvgIpc) is 3.19. The normalized spacial score (nSPS) is 18.5. The van der Waals surface area contributed by atoms with Crippen LogP contribution in [-0.2, 0) is 28.8 Å². The van der Waals surface area contributed by atoms with Gasteiger partial charge in [0, 0.05) is 19.4 Å². The molecule has 1 rings (SSSR count). The van der Waals surface area contributed by atoms with Gasteiger partial charge in [-0.05, 0) is 25.2 Å². The Morgan fingerprint density at radius 1 is 1.10 bits per heavy atom. The molecule has 1 aliphatic heterocycles. The van der Waals surface area contributed by atoms with Crippen LogP contribution in [0, 0.1) is 5.92 Å². The van der Waals surface area contributed by atoms with Gasteiger partial charge in [0.05, 0.1) is 12.5 Å². The van der Waals surface area contributed by atoms with Gasteiger partial charge in [0.2, 0.25) is 17.7 Å². The van der Waals surface area contributed by atoms with Crippen molar-refractivity contribution in [3.63, 3.8) is 0 Å². The minimum atomic E-state index is -1.26. The van der Waals surface area contributed by atoms with Crippen molar-refractivity contribution in [2.75, 3.05) is 6.54 Å². The molecule has 0 aromatic heterocycles. The van der Waals surface area contributed by atoms with Crippen LogP contribution in [0.2, 0.25) is 0 Å². The maximum absolute atomic E-state index is 13.1. The number of aldehydes is 1. The van der Waals surface area contributed by atoms with E-state index in [1.54, 1.807) is 0 Å². The molecule has 3 amide bonds. The fourth-order valence-corrected chi connectivity index (χ4v) is 3.34. The molecular formula is C20H31N3O8. The number of nitrogens with one attached hydrogen (secondary N) is 2. The first-order valence-corrected chi connectivity index (χ1v) is 10.4. The summed E-state index contributed by atoms with van der Waals surface area (Å²) in [6.07, 6.45) is 1.04. The zero-order chi connectivity index (χ0) is 23.6. The van der Waals surface area contributed by atoms with Crippen molar-refractivity contribution in [3.05, 3.63) is 0 Å². The van der Waals surface area contributed by atoms with Crippen LogP contribution in [0.15, 0.2) is 0 Å². The van der Waals surface area contributed by atoms with Crippen LogP contribution in [0.1, 0.15) is 58.8 Å². The standard InChI is InChI=1S/C20H31N3O8/c1-3-12(2)9-16(25)22-14(6-7-17(26)27)20(31)23-8-4-5-15(23)19(30)21-13(11-24)10-18(28)29/h11-15H,3-10H2,1-2H3,(H,21,30)(H,22,25)(H,26,27)(H,28,29). The van der Waals surface area contributed by atoms with E-state index in [1.807, 2.05) is 13.8 Å². The largest absolute Gasteiger partial charge is 0.481 e. The molecule has 0 bridgehead atoms. The Bertz CT molecular complexity index is 696. The summed E-state index contributed by atoms with van der Waals surface area (Å²) >= 11 is 0. The second-order valence-electron chi connectivity index (χ2n) is 7.81. The lowest BCUT2D eigenvalue weighted by Gasteiger charge is -2.29. The fraction of sp³-hybridized carbons (Fsp3) is 0.700. The van der Waals surface area contributed by atoms with E-state index in [0.29, 0.717) is 19.1 Å². The van der Waals surface area contributed by atoms with E-state index in [4.69, 9.17) is 10.2 Å². The number of aliphatic carboxylic acids is 2. The van der Waals surface area contributed by atoms with E-state index < -0.39 is 48.3 Å². The molecule has 1 fully saturated rings. The third-order valence-electron chi connectivity index (χ3n) is 5.24. The molecule has 31 heavy (non-hydrogen) atoms. The molecule has 11 nitrogen and oxygen atoms in total. The minimum absolute atomic E-state index is 0.0926. The number of likely N-dealkylation sites (tertiary alicyclic amines) is 1. The van der Waals surface area contributed by atoms with E-state index in [-0.39, 0.29) is 37.6 Å². The van der Waals surface area contributed by atoms with Gasteiger partial charge in [-0.15, -0.1) is 0 Å². The number of carboxylic acid groups (broad SMARTS) is 2. The number of carbonyl (C=O) groups is 6. The summed E-state index contributed by atoms with van der Waals surface area (Å²) in [5, 5.41) is 22.7. The molecule has 0 spiro atoms. The Morgan fingerprint density at radius 3 is 2.32 bits per heavy atom. The third kappa shape index (κ3) is 8.73. The van der Waals surface area contributed by atoms with Gasteiger partial charge in [-0.3, -0.25) is 24.0 Å². The summed E-state index contributed by atoms with van der Waals surface area (Å²) in [6.45, 7) is 4.04. The molecule has 0 aromatic carbocycles. The van der Waals surface area contributed by atoms with Crippen molar-refractivity contribution in [2.45, 2.75) is 76.9 Å². The average molecular weight is 441 g/mol. The van der Waals surface area contributed by atoms with Crippen LogP contribution >= 0.6 is 0 Å². The fourth-order valence-electron chi connectivity index (χ4n) is 3.34. The Morgan fingerprint density at radius 2 is 1.77 bits per heavy atom. The van der Waals surface area contributed by atoms with E-state index in [0.717, 1.165) is 6.42 Å². The molecule has 4 atom stereocenters. The Kier molecular flexibility index (Phi) is 10.6. The first-order chi connectivity index (χ1) is 14.6. The van der Waals surface area contributed by atoms with Crippen LogP contribution in [-0.4, -0.2) is 75.7 Å². The van der Waals surface area contributed by atoms with Crippen molar-refractivity contribution in [2.24, 2.45) is 5.92 Å². The summed E-state index contributed by atoms with van der Waals surface area (Å²) in [6, 6.07) is -3.25. The highest BCUT2D eigenvalue weighted by molar-refractivity contribution is 5.93. The van der Waals surface area contributed by atoms with E-state index in [2.05, 4.69) is 10.6 Å². The summed E-state index contributed by atoms with van der Waals surface area (Å²) in [4.78, 5) is 72.0. The van der Waals surface area contributed by atoms with Crippen LogP contribution in [0.5, 0.6) is 0 Å². The highest BCUT2D eigenvalue weighted by Gasteiger charge is 2.38. The maximum atomic E-state index is 13.1. The molecule has 4 N–H and O–H groups in total. The second-order valence-corrected chi connectivity index (χ2v) is 7.81. The smallest absolute Gasteiger partial charge is 0.305 e. The predicted molar refractivity (Wildman–Crippen MR) is 108 cm³/mol. The quantitative estimate of drug-likeness (QED) is 0.288. The first kappa shape index (κ1) is 26.1. The highest BCUT2D eigenvalue weighted by Crippen LogP contribution is 2.20. The number of hydrogen-bond acceptors (Lipinski definition) is 6. The Hall–Kier alpha value is -2.98. The summed E-state index contributed by atoms with van der Waals surface area (Å²) in [5.74, 6) is -3.89. The van der Waals surface area contributed by atoms with Gasteiger partial charge in [0.15, 0.2) is 0 Å². The zero-order valence-corrected chi connectivity index (χ0v) is 17.8. The minimum Gasteiger partial charge on any atom is -0.481 e. The first-order valence-electron chi connectivity index (χ1n) is 10.4. The van der Waals surface area contributed by atoms with Gasteiger partial charge < -0.3 is 30.5 Å². The number of carbonyl (C=O) groups excluding carboxylic acids is 4. The molecular weight excluding hydrogens is 410 g/mol. The van der Waals surface area contributed by atoms with Crippen molar-refractivity contribution < 1.29 is 39.0 Å². The third-order valence-corrected chi connectivity index (χ3v) is 5.24. The van der Waals surface area contributed by atoms with E-state index in [9.17, 15) is 28.8 Å². The molecule has 1 aliphatic rings. The van der Waals surface area contributed by atoms with Crippen LogP contribution < -0.4 is 10.6 Å². The van der Waals surface area contributed by atoms with E-state index in [1.165, 1.54) is 4.90 Å². The molecule has 1 heterocycles.